The molecule has 0 bridgehead atoms. The third-order valence-electron chi connectivity index (χ3n) is 7.10. The van der Waals surface area contributed by atoms with Gasteiger partial charge in [-0.3, -0.25) is 13.9 Å². The van der Waals surface area contributed by atoms with Gasteiger partial charge in [0.1, 0.15) is 12.6 Å². The first-order chi connectivity index (χ1) is 18.1. The number of halogens is 1. The summed E-state index contributed by atoms with van der Waals surface area (Å²) in [6.07, 6.45) is 6.24. The smallest absolute Gasteiger partial charge is 0.244 e. The van der Waals surface area contributed by atoms with Crippen LogP contribution in [0.5, 0.6) is 0 Å². The number of sulfonamides is 1. The summed E-state index contributed by atoms with van der Waals surface area (Å²) in [5, 5.41) is 5.25. The van der Waals surface area contributed by atoms with E-state index in [1.54, 1.807) is 43.3 Å². The zero-order valence-electron chi connectivity index (χ0n) is 21.8. The first-order valence-corrected chi connectivity index (χ1v) is 15.2. The summed E-state index contributed by atoms with van der Waals surface area (Å²) in [5.74, 6) is -0.708. The molecule has 1 saturated carbocycles. The Kier molecular flexibility index (Phi) is 8.95. The third-order valence-corrected chi connectivity index (χ3v) is 8.48. The lowest BCUT2D eigenvalue weighted by molar-refractivity contribution is -0.139. The molecule has 4 rings (SSSR count). The van der Waals surface area contributed by atoms with E-state index < -0.39 is 28.5 Å². The number of hydrogen-bond acceptors (Lipinski definition) is 4. The van der Waals surface area contributed by atoms with Crippen molar-refractivity contribution in [1.29, 1.82) is 0 Å². The molecule has 9 heteroatoms. The lowest BCUT2D eigenvalue weighted by Gasteiger charge is -2.33. The first-order valence-electron chi connectivity index (χ1n) is 12.9. The van der Waals surface area contributed by atoms with Crippen LogP contribution in [0.1, 0.15) is 44.6 Å². The molecule has 38 heavy (non-hydrogen) atoms. The van der Waals surface area contributed by atoms with Gasteiger partial charge < -0.3 is 10.2 Å². The molecule has 1 N–H and O–H groups in total. The molecule has 0 saturated heterocycles. The standard InChI is InChI=1S/C29H34ClN3O4S/c1-21(29(35)31-25-11-4-3-5-12-25)32(19-22-15-17-24(30)18-16-22)28(34)20-33(38(2,36)37)27-14-8-10-23-9-6-7-13-26(23)27/h6-10,13-18,21,25H,3-5,11-12,19-20H2,1-2H3,(H,31,35). The van der Waals surface area contributed by atoms with Gasteiger partial charge in [0, 0.05) is 23.0 Å². The minimum Gasteiger partial charge on any atom is -0.352 e. The largest absolute Gasteiger partial charge is 0.352 e. The minimum atomic E-state index is -3.82. The van der Waals surface area contributed by atoms with E-state index in [-0.39, 0.29) is 18.5 Å². The van der Waals surface area contributed by atoms with Gasteiger partial charge >= 0.3 is 0 Å². The average molecular weight is 556 g/mol. The Morgan fingerprint density at radius 3 is 2.32 bits per heavy atom. The molecular formula is C29H34ClN3O4S. The maximum atomic E-state index is 13.8. The van der Waals surface area contributed by atoms with Gasteiger partial charge in [-0.2, -0.15) is 0 Å². The molecule has 3 aromatic rings. The summed E-state index contributed by atoms with van der Waals surface area (Å²) in [6.45, 7) is 1.40. The van der Waals surface area contributed by atoms with Crippen LogP contribution in [-0.2, 0) is 26.2 Å². The summed E-state index contributed by atoms with van der Waals surface area (Å²) >= 11 is 6.05. The van der Waals surface area contributed by atoms with Crippen LogP contribution in [0.2, 0.25) is 5.02 Å². The van der Waals surface area contributed by atoms with E-state index in [2.05, 4.69) is 5.32 Å². The zero-order valence-corrected chi connectivity index (χ0v) is 23.3. The lowest BCUT2D eigenvalue weighted by Crippen LogP contribution is -2.53. The maximum absolute atomic E-state index is 13.8. The number of carbonyl (C=O) groups excluding carboxylic acids is 2. The molecule has 7 nitrogen and oxygen atoms in total. The molecule has 0 spiro atoms. The molecular weight excluding hydrogens is 522 g/mol. The Labute approximate surface area is 229 Å². The molecule has 0 radical (unpaired) electrons. The summed E-state index contributed by atoms with van der Waals surface area (Å²) in [6, 6.07) is 19.1. The number of anilines is 1. The quantitative estimate of drug-likeness (QED) is 0.397. The van der Waals surface area contributed by atoms with Gasteiger partial charge in [0.2, 0.25) is 21.8 Å². The van der Waals surface area contributed by atoms with Crippen LogP contribution in [0.25, 0.3) is 10.8 Å². The second kappa shape index (κ2) is 12.2. The number of nitrogens with one attached hydrogen (secondary N) is 1. The Bertz CT molecular complexity index is 1380. The summed E-state index contributed by atoms with van der Waals surface area (Å²) < 4.78 is 27.0. The van der Waals surface area contributed by atoms with Crippen molar-refractivity contribution in [3.8, 4) is 0 Å². The van der Waals surface area contributed by atoms with Gasteiger partial charge in [0.15, 0.2) is 0 Å². The third kappa shape index (κ3) is 6.85. The molecule has 1 aliphatic rings. The van der Waals surface area contributed by atoms with Gasteiger partial charge in [-0.1, -0.05) is 79.4 Å². The van der Waals surface area contributed by atoms with E-state index in [1.807, 2.05) is 30.3 Å². The highest BCUT2D eigenvalue weighted by Gasteiger charge is 2.31. The first kappa shape index (κ1) is 27.9. The van der Waals surface area contributed by atoms with Crippen molar-refractivity contribution in [3.05, 3.63) is 77.3 Å². The predicted octanol–water partition coefficient (Wildman–Crippen LogP) is 5.13. The van der Waals surface area contributed by atoms with Crippen molar-refractivity contribution >= 4 is 49.9 Å². The summed E-state index contributed by atoms with van der Waals surface area (Å²) in [7, 11) is -3.82. The Balaban J connectivity index is 1.64. The van der Waals surface area contributed by atoms with Crippen molar-refractivity contribution in [2.45, 2.75) is 57.7 Å². The van der Waals surface area contributed by atoms with Crippen LogP contribution in [0.15, 0.2) is 66.7 Å². The Morgan fingerprint density at radius 2 is 1.63 bits per heavy atom. The highest BCUT2D eigenvalue weighted by molar-refractivity contribution is 7.92. The van der Waals surface area contributed by atoms with Gasteiger partial charge in [0.25, 0.3) is 0 Å². The van der Waals surface area contributed by atoms with Crippen molar-refractivity contribution < 1.29 is 18.0 Å². The van der Waals surface area contributed by atoms with Crippen LogP contribution in [-0.4, -0.2) is 50.0 Å². The van der Waals surface area contributed by atoms with Crippen LogP contribution < -0.4 is 9.62 Å². The fourth-order valence-electron chi connectivity index (χ4n) is 4.96. The molecule has 1 atom stereocenters. The molecule has 1 aliphatic carbocycles. The van der Waals surface area contributed by atoms with Gasteiger partial charge in [0.05, 0.1) is 11.9 Å². The van der Waals surface area contributed by atoms with Gasteiger partial charge in [-0.05, 0) is 48.9 Å². The van der Waals surface area contributed by atoms with E-state index in [0.29, 0.717) is 10.7 Å². The number of hydrogen-bond donors (Lipinski definition) is 1. The molecule has 1 unspecified atom stereocenters. The molecule has 0 aromatic heterocycles. The van der Waals surface area contributed by atoms with E-state index in [4.69, 9.17) is 11.6 Å². The van der Waals surface area contributed by atoms with E-state index in [0.717, 1.165) is 52.6 Å². The average Bonchev–Trinajstić information content (AvgIpc) is 2.90. The number of carbonyl (C=O) groups is 2. The van der Waals surface area contributed by atoms with E-state index >= 15 is 0 Å². The predicted molar refractivity (Wildman–Crippen MR) is 153 cm³/mol. The lowest BCUT2D eigenvalue weighted by atomic mass is 9.95. The fraction of sp³-hybridized carbons (Fsp3) is 0.379. The number of fused-ring (bicyclic) bond motifs is 1. The van der Waals surface area contributed by atoms with Crippen LogP contribution >= 0.6 is 11.6 Å². The van der Waals surface area contributed by atoms with E-state index in [1.165, 1.54) is 11.3 Å². The molecule has 0 aliphatic heterocycles. The second-order valence-corrected chi connectivity index (χ2v) is 12.3. The number of nitrogens with zero attached hydrogens (tertiary/aromatic N) is 2. The summed E-state index contributed by atoms with van der Waals surface area (Å²) in [4.78, 5) is 28.6. The Hall–Kier alpha value is -3.10. The van der Waals surface area contributed by atoms with Crippen molar-refractivity contribution in [2.75, 3.05) is 17.1 Å². The topological polar surface area (TPSA) is 86.8 Å². The van der Waals surface area contributed by atoms with Crippen molar-refractivity contribution in [3.63, 3.8) is 0 Å². The van der Waals surface area contributed by atoms with Crippen molar-refractivity contribution in [1.82, 2.24) is 10.2 Å². The molecule has 0 heterocycles. The fourth-order valence-corrected chi connectivity index (χ4v) is 5.95. The SMILES string of the molecule is CC(C(=O)NC1CCCCC1)N(Cc1ccc(Cl)cc1)C(=O)CN(c1cccc2ccccc12)S(C)(=O)=O. The molecule has 2 amide bonds. The minimum absolute atomic E-state index is 0.0920. The van der Waals surface area contributed by atoms with Gasteiger partial charge in [-0.25, -0.2) is 8.42 Å². The highest BCUT2D eigenvalue weighted by Crippen LogP contribution is 2.29. The monoisotopic (exact) mass is 555 g/mol. The number of benzene rings is 3. The van der Waals surface area contributed by atoms with E-state index in [9.17, 15) is 18.0 Å². The van der Waals surface area contributed by atoms with Crippen LogP contribution in [0.4, 0.5) is 5.69 Å². The Morgan fingerprint density at radius 1 is 0.974 bits per heavy atom. The zero-order chi connectivity index (χ0) is 27.3. The summed E-state index contributed by atoms with van der Waals surface area (Å²) in [5.41, 5.74) is 1.21. The molecule has 202 valence electrons. The van der Waals surface area contributed by atoms with Crippen LogP contribution in [0, 0.1) is 0 Å². The maximum Gasteiger partial charge on any atom is 0.244 e. The normalized spacial score (nSPS) is 15.1. The van der Waals surface area contributed by atoms with Gasteiger partial charge in [-0.15, -0.1) is 0 Å². The number of amides is 2. The number of rotatable bonds is 9. The van der Waals surface area contributed by atoms with Crippen molar-refractivity contribution in [2.24, 2.45) is 0 Å². The molecule has 3 aromatic carbocycles. The second-order valence-electron chi connectivity index (χ2n) is 9.94. The molecule has 1 fully saturated rings. The van der Waals surface area contributed by atoms with Crippen LogP contribution in [0.3, 0.4) is 0 Å². The highest BCUT2D eigenvalue weighted by atomic mass is 35.5.